The standard InChI is InChI=1S/C12H14F3NO5S2/c1-21-11(12(13,14)15)3-2-4-16(7-11)23(19,20)8-5-9(10(17)18)22-6-8/h5-6H,2-4,7H2,1H3,(H,17,18). The lowest BCUT2D eigenvalue weighted by atomic mass is 9.93. The quantitative estimate of drug-likeness (QED) is 0.875. The van der Waals surface area contributed by atoms with Crippen LogP contribution in [0, 0.1) is 0 Å². The highest BCUT2D eigenvalue weighted by molar-refractivity contribution is 7.89. The van der Waals surface area contributed by atoms with Crippen LogP contribution < -0.4 is 0 Å². The molecule has 23 heavy (non-hydrogen) atoms. The summed E-state index contributed by atoms with van der Waals surface area (Å²) in [4.78, 5) is 10.3. The normalized spacial score (nSPS) is 23.8. The van der Waals surface area contributed by atoms with Crippen LogP contribution >= 0.6 is 11.3 Å². The van der Waals surface area contributed by atoms with Crippen LogP contribution in [-0.2, 0) is 14.8 Å². The first-order valence-corrected chi connectivity index (χ1v) is 8.79. The zero-order chi connectivity index (χ0) is 17.5. The van der Waals surface area contributed by atoms with Gasteiger partial charge in [0.05, 0.1) is 11.4 Å². The van der Waals surface area contributed by atoms with Crippen LogP contribution in [-0.4, -0.2) is 55.8 Å². The topological polar surface area (TPSA) is 83.9 Å². The Kier molecular flexibility index (Phi) is 4.77. The van der Waals surface area contributed by atoms with Gasteiger partial charge >= 0.3 is 12.1 Å². The van der Waals surface area contributed by atoms with E-state index in [1.807, 2.05) is 0 Å². The Labute approximate surface area is 134 Å². The van der Waals surface area contributed by atoms with Crippen LogP contribution in [0.25, 0.3) is 0 Å². The van der Waals surface area contributed by atoms with Crippen LogP contribution in [0.15, 0.2) is 16.3 Å². The first-order chi connectivity index (χ1) is 10.5. The second-order valence-corrected chi connectivity index (χ2v) is 7.94. The van der Waals surface area contributed by atoms with E-state index in [1.54, 1.807) is 0 Å². The van der Waals surface area contributed by atoms with Crippen molar-refractivity contribution in [3.8, 4) is 0 Å². The number of nitrogens with zero attached hydrogens (tertiary/aromatic N) is 1. The first-order valence-electron chi connectivity index (χ1n) is 6.47. The van der Waals surface area contributed by atoms with E-state index in [0.29, 0.717) is 15.6 Å². The number of thiophene rings is 1. The van der Waals surface area contributed by atoms with Crippen molar-refractivity contribution in [3.05, 3.63) is 16.3 Å². The third-order valence-electron chi connectivity index (χ3n) is 3.75. The van der Waals surface area contributed by atoms with E-state index in [2.05, 4.69) is 4.74 Å². The summed E-state index contributed by atoms with van der Waals surface area (Å²) in [5.74, 6) is -1.29. The molecule has 0 saturated carbocycles. The van der Waals surface area contributed by atoms with E-state index in [0.717, 1.165) is 18.6 Å². The number of piperidine rings is 1. The molecule has 2 rings (SSSR count). The molecule has 1 saturated heterocycles. The van der Waals surface area contributed by atoms with Crippen LogP contribution in [0.4, 0.5) is 13.2 Å². The van der Waals surface area contributed by atoms with E-state index in [-0.39, 0.29) is 29.2 Å². The van der Waals surface area contributed by atoms with E-state index in [9.17, 15) is 26.4 Å². The van der Waals surface area contributed by atoms with Gasteiger partial charge in [0, 0.05) is 19.0 Å². The number of carbonyl (C=O) groups is 1. The Morgan fingerprint density at radius 2 is 2.13 bits per heavy atom. The molecule has 1 aromatic rings. The van der Waals surface area contributed by atoms with Crippen LogP contribution in [0.3, 0.4) is 0 Å². The van der Waals surface area contributed by atoms with Crippen molar-refractivity contribution in [2.24, 2.45) is 0 Å². The highest BCUT2D eigenvalue weighted by atomic mass is 32.2. The van der Waals surface area contributed by atoms with Crippen molar-refractivity contribution in [3.63, 3.8) is 0 Å². The minimum atomic E-state index is -4.71. The highest BCUT2D eigenvalue weighted by Gasteiger charge is 2.58. The number of sulfonamides is 1. The molecule has 0 radical (unpaired) electrons. The van der Waals surface area contributed by atoms with Gasteiger partial charge < -0.3 is 9.84 Å². The predicted octanol–water partition coefficient (Wildman–Crippen LogP) is 2.18. The molecule has 1 aromatic heterocycles. The minimum Gasteiger partial charge on any atom is -0.477 e. The molecule has 0 bridgehead atoms. The molecule has 11 heteroatoms. The van der Waals surface area contributed by atoms with Crippen molar-refractivity contribution in [2.45, 2.75) is 29.5 Å². The summed E-state index contributed by atoms with van der Waals surface area (Å²) in [7, 11) is -3.32. The number of hydrogen-bond donors (Lipinski definition) is 1. The van der Waals surface area contributed by atoms with Gasteiger partial charge in [-0.1, -0.05) is 0 Å². The number of ether oxygens (including phenoxy) is 1. The second-order valence-electron chi connectivity index (χ2n) is 5.09. The molecule has 0 aliphatic carbocycles. The Morgan fingerprint density at radius 1 is 1.48 bits per heavy atom. The zero-order valence-corrected chi connectivity index (χ0v) is 13.6. The number of methoxy groups -OCH3 is 1. The monoisotopic (exact) mass is 373 g/mol. The Hall–Kier alpha value is -1.17. The lowest BCUT2D eigenvalue weighted by molar-refractivity contribution is -0.279. The summed E-state index contributed by atoms with van der Waals surface area (Å²) in [6.07, 6.45) is -5.05. The van der Waals surface area contributed by atoms with Crippen molar-refractivity contribution in [1.29, 1.82) is 0 Å². The maximum atomic E-state index is 13.2. The van der Waals surface area contributed by atoms with Crippen molar-refractivity contribution >= 4 is 27.3 Å². The number of aromatic carboxylic acids is 1. The smallest absolute Gasteiger partial charge is 0.418 e. The molecule has 130 valence electrons. The molecule has 1 aliphatic heterocycles. The molecule has 0 aromatic carbocycles. The third kappa shape index (κ3) is 3.23. The maximum absolute atomic E-state index is 13.2. The predicted molar refractivity (Wildman–Crippen MR) is 75.1 cm³/mol. The van der Waals surface area contributed by atoms with E-state index >= 15 is 0 Å². The largest absolute Gasteiger partial charge is 0.477 e. The molecule has 0 amide bonds. The second kappa shape index (κ2) is 6.04. The zero-order valence-electron chi connectivity index (χ0n) is 12.0. The van der Waals surface area contributed by atoms with Gasteiger partial charge in [0.1, 0.15) is 4.88 Å². The molecule has 0 spiro atoms. The fraction of sp³-hybridized carbons (Fsp3) is 0.583. The summed E-state index contributed by atoms with van der Waals surface area (Å²) >= 11 is 0.701. The summed E-state index contributed by atoms with van der Waals surface area (Å²) in [5.41, 5.74) is -2.55. The molecular weight excluding hydrogens is 359 g/mol. The fourth-order valence-electron chi connectivity index (χ4n) is 2.42. The number of carboxylic acid groups (broad SMARTS) is 1. The van der Waals surface area contributed by atoms with Gasteiger partial charge in [-0.15, -0.1) is 11.3 Å². The molecule has 1 aliphatic rings. The SMILES string of the molecule is COC1(C(F)(F)F)CCCN(S(=O)(=O)c2csc(C(=O)O)c2)C1. The lowest BCUT2D eigenvalue weighted by Crippen LogP contribution is -2.59. The van der Waals surface area contributed by atoms with Crippen molar-refractivity contribution < 1.29 is 36.2 Å². The summed E-state index contributed by atoms with van der Waals surface area (Å²) in [6, 6.07) is 0.943. The van der Waals surface area contributed by atoms with Gasteiger partial charge in [-0.2, -0.15) is 17.5 Å². The van der Waals surface area contributed by atoms with Gasteiger partial charge in [-0.3, -0.25) is 0 Å². The molecule has 1 unspecified atom stereocenters. The number of rotatable bonds is 4. The molecule has 6 nitrogen and oxygen atoms in total. The van der Waals surface area contributed by atoms with Crippen molar-refractivity contribution in [1.82, 2.24) is 4.31 Å². The minimum absolute atomic E-state index is 0.0114. The summed E-state index contributed by atoms with van der Waals surface area (Å²) in [5, 5.41) is 9.94. The van der Waals surface area contributed by atoms with Gasteiger partial charge in [0.2, 0.25) is 10.0 Å². The van der Waals surface area contributed by atoms with Gasteiger partial charge in [0.15, 0.2) is 5.60 Å². The average molecular weight is 373 g/mol. The Morgan fingerprint density at radius 3 is 2.61 bits per heavy atom. The highest BCUT2D eigenvalue weighted by Crippen LogP contribution is 2.41. The van der Waals surface area contributed by atoms with Crippen molar-refractivity contribution in [2.75, 3.05) is 20.2 Å². The van der Waals surface area contributed by atoms with Gasteiger partial charge in [0.25, 0.3) is 0 Å². The maximum Gasteiger partial charge on any atom is 0.418 e. The first kappa shape index (κ1) is 18.2. The number of halogens is 3. The van der Waals surface area contributed by atoms with E-state index in [4.69, 9.17) is 5.11 Å². The van der Waals surface area contributed by atoms with Crippen LogP contribution in [0.1, 0.15) is 22.5 Å². The molecule has 1 fully saturated rings. The number of alkyl halides is 3. The van der Waals surface area contributed by atoms with Gasteiger partial charge in [-0.05, 0) is 18.9 Å². The van der Waals surface area contributed by atoms with E-state index < -0.39 is 34.3 Å². The molecule has 1 N–H and O–H groups in total. The Balaban J connectivity index is 2.34. The fourth-order valence-corrected chi connectivity index (χ4v) is 5.04. The van der Waals surface area contributed by atoms with Crippen LogP contribution in [0.5, 0.6) is 0 Å². The lowest BCUT2D eigenvalue weighted by Gasteiger charge is -2.41. The van der Waals surface area contributed by atoms with Crippen LogP contribution in [0.2, 0.25) is 0 Å². The third-order valence-corrected chi connectivity index (χ3v) is 6.64. The summed E-state index contributed by atoms with van der Waals surface area (Å²) in [6.45, 7) is -0.935. The molecular formula is C12H14F3NO5S2. The molecule has 1 atom stereocenters. The summed E-state index contributed by atoms with van der Waals surface area (Å²) < 4.78 is 70.0. The number of hydrogen-bond acceptors (Lipinski definition) is 5. The van der Waals surface area contributed by atoms with E-state index in [1.165, 1.54) is 0 Å². The molecule has 2 heterocycles. The Bertz CT molecular complexity index is 700. The average Bonchev–Trinajstić information content (AvgIpc) is 2.97. The van der Waals surface area contributed by atoms with Gasteiger partial charge in [-0.25, -0.2) is 13.2 Å². The number of carboxylic acids is 1.